The highest BCUT2D eigenvalue weighted by Crippen LogP contribution is 2.24. The minimum Gasteiger partial charge on any atom is -0.465 e. The van der Waals surface area contributed by atoms with E-state index < -0.39 is 10.9 Å². The van der Waals surface area contributed by atoms with Crippen LogP contribution < -0.4 is 5.32 Å². The number of hydrogen-bond acceptors (Lipinski definition) is 5. The van der Waals surface area contributed by atoms with Gasteiger partial charge in [0, 0.05) is 37.1 Å². The molecule has 0 aliphatic heterocycles. The van der Waals surface area contributed by atoms with Crippen LogP contribution in [-0.4, -0.2) is 30.5 Å². The van der Waals surface area contributed by atoms with Gasteiger partial charge in [0.15, 0.2) is 0 Å². The summed E-state index contributed by atoms with van der Waals surface area (Å²) in [6.45, 7) is 3.28. The highest BCUT2D eigenvalue weighted by molar-refractivity contribution is 5.92. The number of nitrogens with one attached hydrogen (secondary N) is 1. The summed E-state index contributed by atoms with van der Waals surface area (Å²) in [5.74, 6) is 4.73. The lowest BCUT2D eigenvalue weighted by atomic mass is 10.0. The molecule has 1 rings (SSSR count). The number of methoxy groups -OCH3 is 1. The van der Waals surface area contributed by atoms with Crippen molar-refractivity contribution in [3.8, 4) is 11.8 Å². The monoisotopic (exact) mass is 304 g/mol. The number of nitrogens with zero attached hydrogens (tertiary/aromatic N) is 1. The molecule has 0 radical (unpaired) electrons. The summed E-state index contributed by atoms with van der Waals surface area (Å²) in [6.07, 6.45) is 0.398. The number of benzene rings is 1. The summed E-state index contributed by atoms with van der Waals surface area (Å²) in [5.41, 5.74) is 0.512. The van der Waals surface area contributed by atoms with Gasteiger partial charge in [0.05, 0.1) is 17.6 Å². The molecule has 116 valence electrons. The third kappa shape index (κ3) is 4.59. The summed E-state index contributed by atoms with van der Waals surface area (Å²) < 4.78 is 4.62. The Balaban J connectivity index is 3.08. The first-order chi connectivity index (χ1) is 10.4. The van der Waals surface area contributed by atoms with E-state index in [0.29, 0.717) is 18.5 Å². The van der Waals surface area contributed by atoms with Crippen LogP contribution in [0.5, 0.6) is 0 Å². The molecule has 0 atom stereocenters. The molecule has 0 aliphatic rings. The van der Waals surface area contributed by atoms with Gasteiger partial charge < -0.3 is 10.1 Å². The topological polar surface area (TPSA) is 98.5 Å². The number of amides is 1. The van der Waals surface area contributed by atoms with Crippen molar-refractivity contribution in [2.24, 2.45) is 0 Å². The van der Waals surface area contributed by atoms with E-state index in [0.717, 1.165) is 0 Å². The molecule has 0 aromatic heterocycles. The van der Waals surface area contributed by atoms with Crippen LogP contribution in [0, 0.1) is 28.9 Å². The largest absolute Gasteiger partial charge is 0.465 e. The molecule has 22 heavy (non-hydrogen) atoms. The Labute approximate surface area is 127 Å². The van der Waals surface area contributed by atoms with Crippen LogP contribution in [0.4, 0.5) is 5.69 Å². The zero-order valence-electron chi connectivity index (χ0n) is 12.6. The SMILES string of the molecule is COC(=O)c1cc(C#CCCNC(C)=O)cc([N+](=O)[O-])c1C. The number of rotatable bonds is 4. The third-order valence-electron chi connectivity index (χ3n) is 2.84. The van der Waals surface area contributed by atoms with Gasteiger partial charge >= 0.3 is 5.97 Å². The van der Waals surface area contributed by atoms with Crippen molar-refractivity contribution in [3.05, 3.63) is 38.9 Å². The van der Waals surface area contributed by atoms with Crippen LogP contribution in [-0.2, 0) is 9.53 Å². The van der Waals surface area contributed by atoms with Gasteiger partial charge in [-0.25, -0.2) is 4.79 Å². The first-order valence-electron chi connectivity index (χ1n) is 6.47. The van der Waals surface area contributed by atoms with Gasteiger partial charge in [-0.1, -0.05) is 11.8 Å². The van der Waals surface area contributed by atoms with Crippen LogP contribution in [0.3, 0.4) is 0 Å². The van der Waals surface area contributed by atoms with Gasteiger partial charge in [-0.2, -0.15) is 0 Å². The Hall–Kier alpha value is -2.88. The summed E-state index contributed by atoms with van der Waals surface area (Å²) in [4.78, 5) is 32.9. The van der Waals surface area contributed by atoms with E-state index in [1.165, 1.54) is 33.1 Å². The van der Waals surface area contributed by atoms with Crippen molar-refractivity contribution in [3.63, 3.8) is 0 Å². The van der Waals surface area contributed by atoms with Crippen LogP contribution in [0.1, 0.15) is 34.8 Å². The molecule has 1 aromatic carbocycles. The molecule has 0 saturated carbocycles. The number of ether oxygens (including phenoxy) is 1. The molecule has 0 spiro atoms. The molecule has 0 fully saturated rings. The average Bonchev–Trinajstić information content (AvgIpc) is 2.46. The predicted octanol–water partition coefficient (Wildman–Crippen LogP) is 1.57. The van der Waals surface area contributed by atoms with Crippen molar-refractivity contribution in [1.82, 2.24) is 5.32 Å². The zero-order chi connectivity index (χ0) is 16.7. The fourth-order valence-corrected chi connectivity index (χ4v) is 1.75. The molecule has 0 bridgehead atoms. The number of nitro groups is 1. The predicted molar refractivity (Wildman–Crippen MR) is 79.4 cm³/mol. The molecule has 0 saturated heterocycles. The molecular weight excluding hydrogens is 288 g/mol. The number of hydrogen-bond donors (Lipinski definition) is 1. The molecule has 7 nitrogen and oxygen atoms in total. The summed E-state index contributed by atoms with van der Waals surface area (Å²) in [7, 11) is 1.21. The summed E-state index contributed by atoms with van der Waals surface area (Å²) in [6, 6.07) is 2.77. The van der Waals surface area contributed by atoms with Crippen LogP contribution in [0.2, 0.25) is 0 Å². The standard InChI is InChI=1S/C15H16N2O5/c1-10-13(15(19)22-3)8-12(9-14(10)17(20)21)6-4-5-7-16-11(2)18/h8-9H,5,7H2,1-3H3,(H,16,18). The molecule has 7 heteroatoms. The normalized spacial score (nSPS) is 9.41. The van der Waals surface area contributed by atoms with E-state index in [9.17, 15) is 19.7 Å². The maximum Gasteiger partial charge on any atom is 0.338 e. The van der Waals surface area contributed by atoms with Crippen LogP contribution >= 0.6 is 0 Å². The van der Waals surface area contributed by atoms with E-state index >= 15 is 0 Å². The van der Waals surface area contributed by atoms with Crippen molar-refractivity contribution in [2.75, 3.05) is 13.7 Å². The van der Waals surface area contributed by atoms with Crippen LogP contribution in [0.15, 0.2) is 12.1 Å². The average molecular weight is 304 g/mol. The molecular formula is C15H16N2O5. The van der Waals surface area contributed by atoms with E-state index in [1.807, 2.05) is 0 Å². The van der Waals surface area contributed by atoms with E-state index in [-0.39, 0.29) is 22.7 Å². The number of carbonyl (C=O) groups is 2. The Kier molecular flexibility index (Phi) is 6.08. The molecule has 1 N–H and O–H groups in total. The smallest absolute Gasteiger partial charge is 0.338 e. The van der Waals surface area contributed by atoms with Crippen molar-refractivity contribution < 1.29 is 19.2 Å². The third-order valence-corrected chi connectivity index (χ3v) is 2.84. The van der Waals surface area contributed by atoms with Gasteiger partial charge in [0.2, 0.25) is 5.91 Å². The summed E-state index contributed by atoms with van der Waals surface area (Å²) >= 11 is 0. The van der Waals surface area contributed by atoms with Crippen molar-refractivity contribution >= 4 is 17.6 Å². The fourth-order valence-electron chi connectivity index (χ4n) is 1.75. The van der Waals surface area contributed by atoms with Gasteiger partial charge in [-0.3, -0.25) is 14.9 Å². The summed E-state index contributed by atoms with van der Waals surface area (Å²) in [5, 5.41) is 13.6. The minimum absolute atomic E-state index is 0.114. The minimum atomic E-state index is -0.650. The van der Waals surface area contributed by atoms with E-state index in [4.69, 9.17) is 0 Å². The molecule has 0 aliphatic carbocycles. The first kappa shape index (κ1) is 17.2. The van der Waals surface area contributed by atoms with Gasteiger partial charge in [0.25, 0.3) is 5.69 Å². The quantitative estimate of drug-likeness (QED) is 0.299. The fraction of sp³-hybridized carbons (Fsp3) is 0.333. The first-order valence-corrected chi connectivity index (χ1v) is 6.47. The highest BCUT2D eigenvalue weighted by Gasteiger charge is 2.20. The van der Waals surface area contributed by atoms with Gasteiger partial charge in [-0.05, 0) is 13.0 Å². The lowest BCUT2D eigenvalue weighted by Crippen LogP contribution is -2.20. The molecule has 0 unspecified atom stereocenters. The number of nitro benzene ring substituents is 1. The maximum absolute atomic E-state index is 11.7. The second-order valence-electron chi connectivity index (χ2n) is 4.45. The second-order valence-corrected chi connectivity index (χ2v) is 4.45. The maximum atomic E-state index is 11.7. The van der Waals surface area contributed by atoms with Gasteiger partial charge in [0.1, 0.15) is 0 Å². The Morgan fingerprint density at radius 3 is 2.64 bits per heavy atom. The van der Waals surface area contributed by atoms with Crippen molar-refractivity contribution in [1.29, 1.82) is 0 Å². The molecule has 1 aromatic rings. The van der Waals surface area contributed by atoms with E-state index in [2.05, 4.69) is 21.9 Å². The van der Waals surface area contributed by atoms with Gasteiger partial charge in [-0.15, -0.1) is 0 Å². The lowest BCUT2D eigenvalue weighted by molar-refractivity contribution is -0.385. The van der Waals surface area contributed by atoms with Crippen molar-refractivity contribution in [2.45, 2.75) is 20.3 Å². The lowest BCUT2D eigenvalue weighted by Gasteiger charge is -2.05. The molecule has 1 amide bonds. The highest BCUT2D eigenvalue weighted by atomic mass is 16.6. The Morgan fingerprint density at radius 2 is 2.09 bits per heavy atom. The number of carbonyl (C=O) groups excluding carboxylic acids is 2. The Morgan fingerprint density at radius 1 is 1.41 bits per heavy atom. The second kappa shape index (κ2) is 7.78. The molecule has 0 heterocycles. The van der Waals surface area contributed by atoms with E-state index in [1.54, 1.807) is 0 Å². The number of esters is 1. The van der Waals surface area contributed by atoms with Crippen LogP contribution in [0.25, 0.3) is 0 Å². The Bertz CT molecular complexity index is 670. The zero-order valence-corrected chi connectivity index (χ0v) is 12.6.